The van der Waals surface area contributed by atoms with Crippen LogP contribution in [0.5, 0.6) is 11.5 Å². The average molecular weight is 464 g/mol. The summed E-state index contributed by atoms with van der Waals surface area (Å²) in [6.45, 7) is 4.00. The molecule has 9 heteroatoms. The van der Waals surface area contributed by atoms with E-state index in [0.29, 0.717) is 24.0 Å². The van der Waals surface area contributed by atoms with Crippen molar-refractivity contribution in [1.82, 2.24) is 5.32 Å². The lowest BCUT2D eigenvalue weighted by Gasteiger charge is -2.34. The van der Waals surface area contributed by atoms with E-state index in [1.54, 1.807) is 26.2 Å². The summed E-state index contributed by atoms with van der Waals surface area (Å²) < 4.78 is 37.1. The van der Waals surface area contributed by atoms with Gasteiger partial charge in [0.15, 0.2) is 0 Å². The Kier molecular flexibility index (Phi) is 8.60. The van der Waals surface area contributed by atoms with E-state index >= 15 is 0 Å². The monoisotopic (exact) mass is 463 g/mol. The van der Waals surface area contributed by atoms with E-state index in [4.69, 9.17) is 9.47 Å². The van der Waals surface area contributed by atoms with Crippen molar-refractivity contribution in [3.05, 3.63) is 48.5 Å². The Bertz CT molecular complexity index is 962. The van der Waals surface area contributed by atoms with Crippen LogP contribution < -0.4 is 24.4 Å². The minimum Gasteiger partial charge on any atom is -0.497 e. The van der Waals surface area contributed by atoms with Crippen LogP contribution in [0.3, 0.4) is 0 Å². The number of anilines is 2. The van der Waals surface area contributed by atoms with E-state index < -0.39 is 16.1 Å². The second-order valence-corrected chi connectivity index (χ2v) is 9.88. The molecule has 0 spiro atoms. The van der Waals surface area contributed by atoms with Crippen molar-refractivity contribution in [2.75, 3.05) is 48.7 Å². The van der Waals surface area contributed by atoms with Crippen LogP contribution >= 0.6 is 0 Å². The van der Waals surface area contributed by atoms with Crippen molar-refractivity contribution in [3.63, 3.8) is 0 Å². The molecule has 0 amide bonds. The van der Waals surface area contributed by atoms with Gasteiger partial charge in [0.1, 0.15) is 24.2 Å². The van der Waals surface area contributed by atoms with Crippen LogP contribution in [-0.4, -0.2) is 64.8 Å². The van der Waals surface area contributed by atoms with E-state index in [2.05, 4.69) is 14.9 Å². The fourth-order valence-electron chi connectivity index (χ4n) is 3.60. The number of hydrogen-bond acceptors (Lipinski definition) is 7. The van der Waals surface area contributed by atoms with Gasteiger partial charge in [-0.05, 0) is 50.1 Å². The van der Waals surface area contributed by atoms with Crippen LogP contribution in [0.15, 0.2) is 48.5 Å². The summed E-state index contributed by atoms with van der Waals surface area (Å²) in [4.78, 5) is 2.25. The summed E-state index contributed by atoms with van der Waals surface area (Å²) in [5, 5.41) is 13.7. The number of nitrogens with zero attached hydrogens (tertiary/aromatic N) is 1. The number of hydrogen-bond donors (Lipinski definition) is 3. The summed E-state index contributed by atoms with van der Waals surface area (Å²) in [5.74, 6) is 1.43. The van der Waals surface area contributed by atoms with Gasteiger partial charge >= 0.3 is 0 Å². The third kappa shape index (κ3) is 7.29. The van der Waals surface area contributed by atoms with Gasteiger partial charge in [-0.1, -0.05) is 12.1 Å². The van der Waals surface area contributed by atoms with E-state index in [0.717, 1.165) is 37.4 Å². The molecule has 0 aliphatic carbocycles. The van der Waals surface area contributed by atoms with Crippen LogP contribution in [0.25, 0.3) is 0 Å². The molecule has 1 aliphatic rings. The van der Waals surface area contributed by atoms with Gasteiger partial charge in [-0.2, -0.15) is 0 Å². The lowest BCUT2D eigenvalue weighted by molar-refractivity contribution is 0.102. The van der Waals surface area contributed by atoms with Crippen molar-refractivity contribution in [3.8, 4) is 11.5 Å². The highest BCUT2D eigenvalue weighted by atomic mass is 32.2. The van der Waals surface area contributed by atoms with Gasteiger partial charge in [0.25, 0.3) is 0 Å². The molecule has 32 heavy (non-hydrogen) atoms. The first kappa shape index (κ1) is 24.2. The number of piperidine rings is 1. The summed E-state index contributed by atoms with van der Waals surface area (Å²) >= 11 is 0. The largest absolute Gasteiger partial charge is 0.497 e. The van der Waals surface area contributed by atoms with Gasteiger partial charge in [0.2, 0.25) is 10.0 Å². The fourth-order valence-corrected chi connectivity index (χ4v) is 4.24. The highest BCUT2D eigenvalue weighted by Crippen LogP contribution is 2.24. The number of benzene rings is 2. The number of nitrogens with one attached hydrogen (secondary N) is 2. The molecule has 1 atom stereocenters. The molecule has 0 aromatic heterocycles. The van der Waals surface area contributed by atoms with Crippen LogP contribution in [0, 0.1) is 0 Å². The van der Waals surface area contributed by atoms with Gasteiger partial charge in [0, 0.05) is 37.4 Å². The standard InChI is InChI=1S/C23H33N3O5S/c1-3-32(28,29)25-19-6-4-7-20(14-19)26-12-10-18(11-13-26)24-16-21(27)17-31-23-9-5-8-22(15-23)30-2/h4-9,14-15,18,21,24-25,27H,3,10-13,16-17H2,1-2H3. The second-order valence-electron chi connectivity index (χ2n) is 7.87. The van der Waals surface area contributed by atoms with Gasteiger partial charge in [0.05, 0.1) is 18.6 Å². The summed E-state index contributed by atoms with van der Waals surface area (Å²) in [6.07, 6.45) is 1.27. The van der Waals surface area contributed by atoms with Crippen LogP contribution in [0.1, 0.15) is 19.8 Å². The summed E-state index contributed by atoms with van der Waals surface area (Å²) in [5.41, 5.74) is 1.59. The molecule has 1 unspecified atom stereocenters. The highest BCUT2D eigenvalue weighted by Gasteiger charge is 2.20. The SMILES string of the molecule is CCS(=O)(=O)Nc1cccc(N2CCC(NCC(O)COc3cccc(OC)c3)CC2)c1. The summed E-state index contributed by atoms with van der Waals surface area (Å²) in [6, 6.07) is 15.1. The first-order chi connectivity index (χ1) is 15.4. The molecule has 1 aliphatic heterocycles. The van der Waals surface area contributed by atoms with Crippen molar-refractivity contribution < 1.29 is 23.0 Å². The quantitative estimate of drug-likeness (QED) is 0.471. The zero-order valence-electron chi connectivity index (χ0n) is 18.7. The molecule has 176 valence electrons. The van der Waals surface area contributed by atoms with Crippen LogP contribution in [0.2, 0.25) is 0 Å². The van der Waals surface area contributed by atoms with E-state index in [9.17, 15) is 13.5 Å². The lowest BCUT2D eigenvalue weighted by atomic mass is 10.0. The normalized spacial score (nSPS) is 15.9. The molecule has 1 fully saturated rings. The minimum atomic E-state index is -3.29. The van der Waals surface area contributed by atoms with Gasteiger partial charge in [-0.25, -0.2) is 8.42 Å². The molecule has 2 aromatic carbocycles. The Morgan fingerprint density at radius 1 is 1.12 bits per heavy atom. The fraction of sp³-hybridized carbons (Fsp3) is 0.478. The first-order valence-electron chi connectivity index (χ1n) is 10.9. The van der Waals surface area contributed by atoms with Crippen molar-refractivity contribution >= 4 is 21.4 Å². The topological polar surface area (TPSA) is 100 Å². The zero-order valence-corrected chi connectivity index (χ0v) is 19.5. The van der Waals surface area contributed by atoms with E-state index in [1.165, 1.54) is 0 Å². The molecule has 1 heterocycles. The molecule has 8 nitrogen and oxygen atoms in total. The van der Waals surface area contributed by atoms with Crippen LogP contribution in [-0.2, 0) is 10.0 Å². The molecule has 3 N–H and O–H groups in total. The smallest absolute Gasteiger partial charge is 0.232 e. The van der Waals surface area contributed by atoms with Gasteiger partial charge in [-0.3, -0.25) is 4.72 Å². The Balaban J connectivity index is 1.41. The Morgan fingerprint density at radius 2 is 1.84 bits per heavy atom. The van der Waals surface area contributed by atoms with Crippen molar-refractivity contribution in [2.24, 2.45) is 0 Å². The van der Waals surface area contributed by atoms with E-state index in [1.807, 2.05) is 36.4 Å². The zero-order chi connectivity index (χ0) is 23.0. The number of methoxy groups -OCH3 is 1. The highest BCUT2D eigenvalue weighted by molar-refractivity contribution is 7.92. The first-order valence-corrected chi connectivity index (χ1v) is 12.6. The molecule has 0 bridgehead atoms. The lowest BCUT2D eigenvalue weighted by Crippen LogP contribution is -2.45. The maximum absolute atomic E-state index is 11.8. The predicted octanol–water partition coefficient (Wildman–Crippen LogP) is 2.46. The molecular weight excluding hydrogens is 430 g/mol. The molecule has 0 radical (unpaired) electrons. The van der Waals surface area contributed by atoms with Crippen LogP contribution in [0.4, 0.5) is 11.4 Å². The van der Waals surface area contributed by atoms with Gasteiger partial charge in [-0.15, -0.1) is 0 Å². The predicted molar refractivity (Wildman–Crippen MR) is 127 cm³/mol. The minimum absolute atomic E-state index is 0.0464. The molecule has 3 rings (SSSR count). The Morgan fingerprint density at radius 3 is 2.56 bits per heavy atom. The number of aliphatic hydroxyl groups is 1. The second kappa shape index (κ2) is 11.4. The van der Waals surface area contributed by atoms with E-state index in [-0.39, 0.29) is 12.4 Å². The average Bonchev–Trinajstić information content (AvgIpc) is 2.82. The Hall–Kier alpha value is -2.49. The maximum Gasteiger partial charge on any atom is 0.232 e. The molecule has 2 aromatic rings. The number of rotatable bonds is 11. The van der Waals surface area contributed by atoms with Crippen molar-refractivity contribution in [1.29, 1.82) is 0 Å². The number of ether oxygens (including phenoxy) is 2. The number of sulfonamides is 1. The molecule has 1 saturated heterocycles. The third-order valence-electron chi connectivity index (χ3n) is 5.49. The molecular formula is C23H33N3O5S. The van der Waals surface area contributed by atoms with Crippen molar-refractivity contribution in [2.45, 2.75) is 31.9 Å². The number of aliphatic hydroxyl groups excluding tert-OH is 1. The Labute approximate surface area is 190 Å². The maximum atomic E-state index is 11.8. The summed E-state index contributed by atoms with van der Waals surface area (Å²) in [7, 11) is -1.68. The van der Waals surface area contributed by atoms with Gasteiger partial charge < -0.3 is 24.8 Å². The molecule has 0 saturated carbocycles. The third-order valence-corrected chi connectivity index (χ3v) is 6.79.